The fourth-order valence-electron chi connectivity index (χ4n) is 1.15. The zero-order valence-corrected chi connectivity index (χ0v) is 9.27. The Labute approximate surface area is 82.1 Å². The van der Waals surface area contributed by atoms with Crippen molar-refractivity contribution in [3.8, 4) is 0 Å². The Morgan fingerprint density at radius 1 is 1.33 bits per heavy atom. The molecular formula is C10H14BrN. The van der Waals surface area contributed by atoms with Crippen molar-refractivity contribution in [3.63, 3.8) is 0 Å². The third-order valence-electron chi connectivity index (χ3n) is 1.89. The van der Waals surface area contributed by atoms with Gasteiger partial charge in [-0.15, -0.1) is 0 Å². The van der Waals surface area contributed by atoms with E-state index in [1.54, 1.807) is 0 Å². The molecule has 0 aliphatic rings. The van der Waals surface area contributed by atoms with Crippen LogP contribution in [0.2, 0.25) is 0 Å². The molecule has 0 bridgehead atoms. The standard InChI is InChI=1S/C10H14BrN/c1-7-5-4-6-8(9(7)11)10(2,3)12/h4-6H,12H2,1-3H3. The first-order valence-electron chi connectivity index (χ1n) is 3.97. The van der Waals surface area contributed by atoms with Crippen molar-refractivity contribution in [3.05, 3.63) is 33.8 Å². The van der Waals surface area contributed by atoms with Crippen molar-refractivity contribution in [2.75, 3.05) is 0 Å². The lowest BCUT2D eigenvalue weighted by atomic mass is 9.94. The van der Waals surface area contributed by atoms with E-state index in [2.05, 4.69) is 35.0 Å². The van der Waals surface area contributed by atoms with Crippen LogP contribution in [-0.2, 0) is 5.54 Å². The number of hydrogen-bond donors (Lipinski definition) is 1. The zero-order chi connectivity index (χ0) is 9.35. The van der Waals surface area contributed by atoms with Crippen LogP contribution in [-0.4, -0.2) is 0 Å². The number of rotatable bonds is 1. The van der Waals surface area contributed by atoms with E-state index in [4.69, 9.17) is 5.73 Å². The van der Waals surface area contributed by atoms with E-state index < -0.39 is 0 Å². The maximum atomic E-state index is 6.00. The first-order chi connectivity index (χ1) is 5.43. The van der Waals surface area contributed by atoms with Crippen LogP contribution >= 0.6 is 15.9 Å². The van der Waals surface area contributed by atoms with Crippen LogP contribution in [0, 0.1) is 6.92 Å². The van der Waals surface area contributed by atoms with Gasteiger partial charge in [-0.1, -0.05) is 34.1 Å². The molecule has 0 unspecified atom stereocenters. The van der Waals surface area contributed by atoms with Crippen molar-refractivity contribution in [1.82, 2.24) is 0 Å². The van der Waals surface area contributed by atoms with E-state index in [1.165, 1.54) is 5.56 Å². The van der Waals surface area contributed by atoms with E-state index in [0.717, 1.165) is 10.0 Å². The largest absolute Gasteiger partial charge is 0.322 e. The second kappa shape index (κ2) is 3.19. The van der Waals surface area contributed by atoms with Crippen molar-refractivity contribution < 1.29 is 0 Å². The van der Waals surface area contributed by atoms with E-state index in [9.17, 15) is 0 Å². The summed E-state index contributed by atoms with van der Waals surface area (Å²) in [5.41, 5.74) is 8.11. The molecule has 12 heavy (non-hydrogen) atoms. The van der Waals surface area contributed by atoms with Crippen LogP contribution in [0.25, 0.3) is 0 Å². The maximum absolute atomic E-state index is 6.00. The van der Waals surface area contributed by atoms with Gasteiger partial charge >= 0.3 is 0 Å². The minimum absolute atomic E-state index is 0.273. The van der Waals surface area contributed by atoms with E-state index in [-0.39, 0.29) is 5.54 Å². The predicted molar refractivity (Wildman–Crippen MR) is 56.1 cm³/mol. The molecule has 2 heteroatoms. The number of aryl methyl sites for hydroxylation is 1. The van der Waals surface area contributed by atoms with Crippen molar-refractivity contribution >= 4 is 15.9 Å². The molecule has 66 valence electrons. The highest BCUT2D eigenvalue weighted by Gasteiger charge is 2.17. The van der Waals surface area contributed by atoms with Gasteiger partial charge in [0.05, 0.1) is 0 Å². The lowest BCUT2D eigenvalue weighted by molar-refractivity contribution is 0.551. The van der Waals surface area contributed by atoms with Gasteiger partial charge in [-0.05, 0) is 31.9 Å². The quantitative estimate of drug-likeness (QED) is 0.785. The summed E-state index contributed by atoms with van der Waals surface area (Å²) in [5, 5.41) is 0. The molecular weight excluding hydrogens is 214 g/mol. The second-order valence-electron chi connectivity index (χ2n) is 3.66. The monoisotopic (exact) mass is 227 g/mol. The van der Waals surface area contributed by atoms with Gasteiger partial charge in [-0.2, -0.15) is 0 Å². The van der Waals surface area contributed by atoms with Gasteiger partial charge < -0.3 is 5.73 Å². The molecule has 0 aromatic heterocycles. The summed E-state index contributed by atoms with van der Waals surface area (Å²) in [4.78, 5) is 0. The molecule has 2 N–H and O–H groups in total. The molecule has 0 atom stereocenters. The molecule has 0 aliphatic heterocycles. The Kier molecular flexibility index (Phi) is 2.59. The average molecular weight is 228 g/mol. The fourth-order valence-corrected chi connectivity index (χ4v) is 1.92. The Bertz CT molecular complexity index is 286. The number of hydrogen-bond acceptors (Lipinski definition) is 1. The normalized spacial score (nSPS) is 11.8. The number of halogens is 1. The fraction of sp³-hybridized carbons (Fsp3) is 0.400. The highest BCUT2D eigenvalue weighted by molar-refractivity contribution is 9.10. The second-order valence-corrected chi connectivity index (χ2v) is 4.45. The summed E-state index contributed by atoms with van der Waals surface area (Å²) >= 11 is 3.54. The Morgan fingerprint density at radius 2 is 1.92 bits per heavy atom. The molecule has 1 aromatic rings. The molecule has 1 nitrogen and oxygen atoms in total. The topological polar surface area (TPSA) is 26.0 Å². The minimum atomic E-state index is -0.273. The van der Waals surface area contributed by atoms with Crippen molar-refractivity contribution in [2.24, 2.45) is 5.73 Å². The molecule has 0 heterocycles. The highest BCUT2D eigenvalue weighted by atomic mass is 79.9. The highest BCUT2D eigenvalue weighted by Crippen LogP contribution is 2.28. The third-order valence-corrected chi connectivity index (χ3v) is 2.94. The van der Waals surface area contributed by atoms with Crippen LogP contribution < -0.4 is 5.73 Å². The van der Waals surface area contributed by atoms with Crippen LogP contribution in [0.5, 0.6) is 0 Å². The van der Waals surface area contributed by atoms with Gasteiger partial charge in [-0.25, -0.2) is 0 Å². The summed E-state index contributed by atoms with van der Waals surface area (Å²) < 4.78 is 1.12. The SMILES string of the molecule is Cc1cccc(C(C)(C)N)c1Br. The predicted octanol–water partition coefficient (Wildman–Crippen LogP) is 2.95. The molecule has 0 amide bonds. The first kappa shape index (κ1) is 9.75. The van der Waals surface area contributed by atoms with E-state index >= 15 is 0 Å². The lowest BCUT2D eigenvalue weighted by Gasteiger charge is -2.21. The molecule has 0 saturated carbocycles. The third kappa shape index (κ3) is 1.87. The Hall–Kier alpha value is -0.340. The number of benzene rings is 1. The zero-order valence-electron chi connectivity index (χ0n) is 7.69. The molecule has 0 saturated heterocycles. The first-order valence-corrected chi connectivity index (χ1v) is 4.76. The molecule has 1 rings (SSSR count). The van der Waals surface area contributed by atoms with Crippen LogP contribution in [0.1, 0.15) is 25.0 Å². The van der Waals surface area contributed by atoms with E-state index in [0.29, 0.717) is 0 Å². The van der Waals surface area contributed by atoms with Crippen molar-refractivity contribution in [2.45, 2.75) is 26.3 Å². The molecule has 0 radical (unpaired) electrons. The van der Waals surface area contributed by atoms with Gasteiger partial charge in [0.1, 0.15) is 0 Å². The molecule has 0 spiro atoms. The molecule has 1 aromatic carbocycles. The lowest BCUT2D eigenvalue weighted by Crippen LogP contribution is -2.29. The summed E-state index contributed by atoms with van der Waals surface area (Å²) in [7, 11) is 0. The number of nitrogens with two attached hydrogens (primary N) is 1. The van der Waals surface area contributed by atoms with Gasteiger partial charge in [0, 0.05) is 10.0 Å². The van der Waals surface area contributed by atoms with Crippen LogP contribution in [0.3, 0.4) is 0 Å². The van der Waals surface area contributed by atoms with Crippen LogP contribution in [0.15, 0.2) is 22.7 Å². The van der Waals surface area contributed by atoms with Gasteiger partial charge in [0.15, 0.2) is 0 Å². The summed E-state index contributed by atoms with van der Waals surface area (Å²) in [6.45, 7) is 6.08. The Morgan fingerprint density at radius 3 is 2.33 bits per heavy atom. The van der Waals surface area contributed by atoms with Crippen molar-refractivity contribution in [1.29, 1.82) is 0 Å². The van der Waals surface area contributed by atoms with Gasteiger partial charge in [0.2, 0.25) is 0 Å². The summed E-state index contributed by atoms with van der Waals surface area (Å²) in [5.74, 6) is 0. The summed E-state index contributed by atoms with van der Waals surface area (Å²) in [6, 6.07) is 6.15. The maximum Gasteiger partial charge on any atom is 0.0363 e. The van der Waals surface area contributed by atoms with E-state index in [1.807, 2.05) is 19.9 Å². The summed E-state index contributed by atoms with van der Waals surface area (Å²) in [6.07, 6.45) is 0. The Balaban J connectivity index is 3.26. The smallest absolute Gasteiger partial charge is 0.0363 e. The molecule has 0 fully saturated rings. The average Bonchev–Trinajstić information content (AvgIpc) is 1.92. The van der Waals surface area contributed by atoms with Crippen LogP contribution in [0.4, 0.5) is 0 Å². The molecule has 0 aliphatic carbocycles. The minimum Gasteiger partial charge on any atom is -0.322 e. The van der Waals surface area contributed by atoms with Gasteiger partial charge in [-0.3, -0.25) is 0 Å². The van der Waals surface area contributed by atoms with Gasteiger partial charge in [0.25, 0.3) is 0 Å².